The van der Waals surface area contributed by atoms with Gasteiger partial charge in [0.1, 0.15) is 5.69 Å². The van der Waals surface area contributed by atoms with Crippen LogP contribution < -0.4 is 5.32 Å². The van der Waals surface area contributed by atoms with Crippen LogP contribution in [0.25, 0.3) is 5.65 Å². The van der Waals surface area contributed by atoms with Crippen LogP contribution in [0.1, 0.15) is 34.2 Å². The molecule has 2 heterocycles. The van der Waals surface area contributed by atoms with Crippen molar-refractivity contribution >= 4 is 11.6 Å². The zero-order valence-corrected chi connectivity index (χ0v) is 12.7. The molecule has 1 N–H and O–H groups in total. The van der Waals surface area contributed by atoms with Crippen LogP contribution in [0.3, 0.4) is 0 Å². The van der Waals surface area contributed by atoms with E-state index in [4.69, 9.17) is 0 Å². The Labute approximate surface area is 129 Å². The minimum atomic E-state index is -0.168. The molecule has 5 nitrogen and oxygen atoms in total. The van der Waals surface area contributed by atoms with Crippen LogP contribution >= 0.6 is 0 Å². The van der Waals surface area contributed by atoms with Crippen LogP contribution in [-0.2, 0) is 13.0 Å². The average Bonchev–Trinajstić information content (AvgIpc) is 3.01. The first-order chi connectivity index (χ1) is 10.7. The van der Waals surface area contributed by atoms with Gasteiger partial charge in [0, 0.05) is 18.3 Å². The Morgan fingerprint density at radius 2 is 2.00 bits per heavy atom. The summed E-state index contributed by atoms with van der Waals surface area (Å²) in [5.74, 6) is -0.168. The Morgan fingerprint density at radius 3 is 2.73 bits per heavy atom. The van der Waals surface area contributed by atoms with Gasteiger partial charge in [-0.3, -0.25) is 4.79 Å². The van der Waals surface area contributed by atoms with E-state index in [1.165, 1.54) is 5.56 Å². The lowest BCUT2D eigenvalue weighted by molar-refractivity contribution is 0.0946. The predicted molar refractivity (Wildman–Crippen MR) is 84.7 cm³/mol. The molecule has 1 amide bonds. The first-order valence-electron chi connectivity index (χ1n) is 7.35. The van der Waals surface area contributed by atoms with Gasteiger partial charge in [-0.1, -0.05) is 36.8 Å². The van der Waals surface area contributed by atoms with E-state index in [0.717, 1.165) is 17.7 Å². The molecule has 22 heavy (non-hydrogen) atoms. The number of carbonyl (C=O) groups is 1. The Kier molecular flexibility index (Phi) is 3.87. The fourth-order valence-electron chi connectivity index (χ4n) is 2.32. The molecule has 112 valence electrons. The molecular formula is C17H18N4O. The summed E-state index contributed by atoms with van der Waals surface area (Å²) in [7, 11) is 0. The molecule has 3 rings (SSSR count). The normalized spacial score (nSPS) is 10.8. The summed E-state index contributed by atoms with van der Waals surface area (Å²) in [4.78, 5) is 16.7. The highest BCUT2D eigenvalue weighted by Gasteiger charge is 2.11. The van der Waals surface area contributed by atoms with Crippen molar-refractivity contribution in [3.05, 3.63) is 65.1 Å². The van der Waals surface area contributed by atoms with E-state index in [1.54, 1.807) is 22.8 Å². The summed E-state index contributed by atoms with van der Waals surface area (Å²) in [5, 5.41) is 7.13. The first-order valence-corrected chi connectivity index (χ1v) is 7.35. The van der Waals surface area contributed by atoms with Gasteiger partial charge in [-0.05, 0) is 25.0 Å². The van der Waals surface area contributed by atoms with Gasteiger partial charge in [-0.2, -0.15) is 5.10 Å². The predicted octanol–water partition coefficient (Wildman–Crippen LogP) is 2.53. The second-order valence-corrected chi connectivity index (χ2v) is 5.26. The summed E-state index contributed by atoms with van der Waals surface area (Å²) in [6.07, 6.45) is 2.48. The summed E-state index contributed by atoms with van der Waals surface area (Å²) >= 11 is 0. The highest BCUT2D eigenvalue weighted by molar-refractivity contribution is 5.92. The lowest BCUT2D eigenvalue weighted by Crippen LogP contribution is -2.24. The third kappa shape index (κ3) is 2.83. The zero-order valence-electron chi connectivity index (χ0n) is 12.7. The van der Waals surface area contributed by atoms with E-state index in [-0.39, 0.29) is 5.91 Å². The molecule has 0 fully saturated rings. The van der Waals surface area contributed by atoms with Gasteiger partial charge in [0.2, 0.25) is 0 Å². The van der Waals surface area contributed by atoms with Crippen LogP contribution in [0.15, 0.2) is 42.6 Å². The molecule has 0 saturated heterocycles. The molecule has 0 aliphatic heterocycles. The molecule has 2 aromatic heterocycles. The maximum absolute atomic E-state index is 12.3. The summed E-state index contributed by atoms with van der Waals surface area (Å²) in [6.45, 7) is 4.57. The van der Waals surface area contributed by atoms with Crippen molar-refractivity contribution in [3.8, 4) is 0 Å². The van der Waals surface area contributed by atoms with Gasteiger partial charge in [0.25, 0.3) is 5.91 Å². The number of rotatable bonds is 4. The SMILES string of the molecule is CCc1cc(C(=O)NCc2ccc(C)cc2)nc2ccnn12. The third-order valence-corrected chi connectivity index (χ3v) is 3.60. The molecule has 0 aliphatic rings. The highest BCUT2D eigenvalue weighted by atomic mass is 16.1. The van der Waals surface area contributed by atoms with Crippen molar-refractivity contribution in [2.75, 3.05) is 0 Å². The van der Waals surface area contributed by atoms with Crippen LogP contribution in [0.4, 0.5) is 0 Å². The lowest BCUT2D eigenvalue weighted by Gasteiger charge is -2.08. The number of carbonyl (C=O) groups excluding carboxylic acids is 1. The molecular weight excluding hydrogens is 276 g/mol. The maximum atomic E-state index is 12.3. The fraction of sp³-hybridized carbons (Fsp3) is 0.235. The number of hydrogen-bond acceptors (Lipinski definition) is 3. The zero-order chi connectivity index (χ0) is 15.5. The molecule has 0 atom stereocenters. The van der Waals surface area contributed by atoms with Gasteiger partial charge in [-0.15, -0.1) is 0 Å². The molecule has 1 aromatic carbocycles. The largest absolute Gasteiger partial charge is 0.347 e. The minimum absolute atomic E-state index is 0.168. The van der Waals surface area contributed by atoms with Gasteiger partial charge >= 0.3 is 0 Å². The van der Waals surface area contributed by atoms with Crippen molar-refractivity contribution < 1.29 is 4.79 Å². The van der Waals surface area contributed by atoms with E-state index >= 15 is 0 Å². The minimum Gasteiger partial charge on any atom is -0.347 e. The number of fused-ring (bicyclic) bond motifs is 1. The molecule has 0 aliphatic carbocycles. The standard InChI is InChI=1S/C17H18N4O/c1-3-14-10-15(20-16-8-9-19-21(14)16)17(22)18-11-13-6-4-12(2)5-7-13/h4-10H,3,11H2,1-2H3,(H,18,22). The van der Waals surface area contributed by atoms with Crippen LogP contribution in [0.5, 0.6) is 0 Å². The number of amides is 1. The monoisotopic (exact) mass is 294 g/mol. The molecule has 0 spiro atoms. The summed E-state index contributed by atoms with van der Waals surface area (Å²) in [5.41, 5.74) is 4.36. The number of hydrogen-bond donors (Lipinski definition) is 1. The van der Waals surface area contributed by atoms with Crippen molar-refractivity contribution in [1.82, 2.24) is 19.9 Å². The quantitative estimate of drug-likeness (QED) is 0.804. The molecule has 5 heteroatoms. The molecule has 3 aromatic rings. The Morgan fingerprint density at radius 1 is 1.23 bits per heavy atom. The Balaban J connectivity index is 1.78. The lowest BCUT2D eigenvalue weighted by atomic mass is 10.1. The van der Waals surface area contributed by atoms with Gasteiger partial charge in [0.05, 0.1) is 6.20 Å². The summed E-state index contributed by atoms with van der Waals surface area (Å²) < 4.78 is 1.76. The molecule has 0 bridgehead atoms. The molecule has 0 saturated carbocycles. The number of aryl methyl sites for hydroxylation is 2. The maximum Gasteiger partial charge on any atom is 0.270 e. The first kappa shape index (κ1) is 14.3. The smallest absolute Gasteiger partial charge is 0.270 e. The van der Waals surface area contributed by atoms with Crippen molar-refractivity contribution in [3.63, 3.8) is 0 Å². The van der Waals surface area contributed by atoms with Gasteiger partial charge in [0.15, 0.2) is 5.65 Å². The number of nitrogens with zero attached hydrogens (tertiary/aromatic N) is 3. The van der Waals surface area contributed by atoms with E-state index in [0.29, 0.717) is 17.9 Å². The number of nitrogens with one attached hydrogen (secondary N) is 1. The third-order valence-electron chi connectivity index (χ3n) is 3.60. The van der Waals surface area contributed by atoms with Crippen LogP contribution in [-0.4, -0.2) is 20.5 Å². The number of benzene rings is 1. The van der Waals surface area contributed by atoms with Gasteiger partial charge < -0.3 is 5.32 Å². The van der Waals surface area contributed by atoms with E-state index < -0.39 is 0 Å². The Hall–Kier alpha value is -2.69. The Bertz CT molecular complexity index is 805. The average molecular weight is 294 g/mol. The number of aromatic nitrogens is 3. The van der Waals surface area contributed by atoms with Crippen molar-refractivity contribution in [2.24, 2.45) is 0 Å². The topological polar surface area (TPSA) is 59.3 Å². The van der Waals surface area contributed by atoms with Crippen molar-refractivity contribution in [2.45, 2.75) is 26.8 Å². The fourth-order valence-corrected chi connectivity index (χ4v) is 2.32. The van der Waals surface area contributed by atoms with Gasteiger partial charge in [-0.25, -0.2) is 9.50 Å². The second-order valence-electron chi connectivity index (χ2n) is 5.26. The van der Waals surface area contributed by atoms with Crippen LogP contribution in [0.2, 0.25) is 0 Å². The molecule has 0 unspecified atom stereocenters. The highest BCUT2D eigenvalue weighted by Crippen LogP contribution is 2.09. The molecule has 0 radical (unpaired) electrons. The van der Waals surface area contributed by atoms with Crippen molar-refractivity contribution in [1.29, 1.82) is 0 Å². The second kappa shape index (κ2) is 5.97. The van der Waals surface area contributed by atoms with E-state index in [1.807, 2.05) is 38.1 Å². The van der Waals surface area contributed by atoms with E-state index in [9.17, 15) is 4.79 Å². The van der Waals surface area contributed by atoms with E-state index in [2.05, 4.69) is 15.4 Å². The van der Waals surface area contributed by atoms with Crippen LogP contribution in [0, 0.1) is 6.92 Å². The summed E-state index contributed by atoms with van der Waals surface area (Å²) in [6, 6.07) is 11.7.